The van der Waals surface area contributed by atoms with Gasteiger partial charge < -0.3 is 30.4 Å². The first-order chi connectivity index (χ1) is 19.0. The summed E-state index contributed by atoms with van der Waals surface area (Å²) in [6, 6.07) is 24.1. The first kappa shape index (κ1) is 25.9. The number of hydrogen-bond acceptors (Lipinski definition) is 6. The zero-order valence-electron chi connectivity index (χ0n) is 21.1. The number of H-pyrrole nitrogens is 1. The maximum atomic E-state index is 12.9. The van der Waals surface area contributed by atoms with Gasteiger partial charge in [-0.1, -0.05) is 0 Å². The van der Waals surface area contributed by atoms with E-state index in [0.717, 1.165) is 12.2 Å². The van der Waals surface area contributed by atoms with Crippen molar-refractivity contribution in [2.45, 2.75) is 6.10 Å². The molecule has 9 nitrogen and oxygen atoms in total. The number of benzene rings is 3. The number of amides is 2. The molecule has 1 saturated heterocycles. The number of aromatic amines is 1. The number of rotatable bonds is 8. The van der Waals surface area contributed by atoms with Gasteiger partial charge in [-0.15, -0.1) is 0 Å². The SMILES string of the molecule is O=C(Nc1ccc(C(=O)c2ccc(NC(=O)c3ccc[nH]3)cc2)cc1)c1ccc(N2CCOC(CO)C2)cc1. The van der Waals surface area contributed by atoms with Crippen LogP contribution in [0.25, 0.3) is 0 Å². The minimum atomic E-state index is -0.263. The number of nitrogens with one attached hydrogen (secondary N) is 3. The van der Waals surface area contributed by atoms with Crippen LogP contribution in [0, 0.1) is 0 Å². The van der Waals surface area contributed by atoms with Crippen molar-refractivity contribution < 1.29 is 24.2 Å². The number of hydrogen-bond donors (Lipinski definition) is 4. The lowest BCUT2D eigenvalue weighted by atomic mass is 10.0. The Labute approximate surface area is 225 Å². The fraction of sp³-hybridized carbons (Fsp3) is 0.167. The molecule has 0 bridgehead atoms. The molecule has 3 aromatic carbocycles. The maximum Gasteiger partial charge on any atom is 0.272 e. The number of nitrogens with zero attached hydrogens (tertiary/aromatic N) is 1. The fourth-order valence-electron chi connectivity index (χ4n) is 4.34. The van der Waals surface area contributed by atoms with Crippen LogP contribution in [0.15, 0.2) is 91.1 Å². The normalized spacial score (nSPS) is 15.0. The number of carbonyl (C=O) groups excluding carboxylic acids is 3. The molecule has 1 aromatic heterocycles. The number of ketones is 1. The molecule has 1 fully saturated rings. The molecule has 2 heterocycles. The summed E-state index contributed by atoms with van der Waals surface area (Å²) >= 11 is 0. The number of aromatic nitrogens is 1. The van der Waals surface area contributed by atoms with Gasteiger partial charge in [0.15, 0.2) is 5.78 Å². The summed E-state index contributed by atoms with van der Waals surface area (Å²) in [5, 5.41) is 15.0. The summed E-state index contributed by atoms with van der Waals surface area (Å²) in [5.41, 5.74) is 4.03. The molecular weight excluding hydrogens is 496 g/mol. The van der Waals surface area contributed by atoms with Crippen LogP contribution in [0.5, 0.6) is 0 Å². The van der Waals surface area contributed by atoms with Crippen LogP contribution in [0.2, 0.25) is 0 Å². The number of ether oxygens (including phenoxy) is 1. The van der Waals surface area contributed by atoms with Crippen LogP contribution in [-0.2, 0) is 4.74 Å². The van der Waals surface area contributed by atoms with E-state index in [-0.39, 0.29) is 30.3 Å². The molecule has 198 valence electrons. The van der Waals surface area contributed by atoms with E-state index in [2.05, 4.69) is 20.5 Å². The van der Waals surface area contributed by atoms with Crippen LogP contribution in [0.1, 0.15) is 36.8 Å². The van der Waals surface area contributed by atoms with E-state index in [1.165, 1.54) is 0 Å². The van der Waals surface area contributed by atoms with Gasteiger partial charge in [-0.2, -0.15) is 0 Å². The predicted octanol–water partition coefficient (Wildman–Crippen LogP) is 3.95. The molecule has 4 aromatic rings. The van der Waals surface area contributed by atoms with Crippen molar-refractivity contribution >= 4 is 34.7 Å². The van der Waals surface area contributed by atoms with Gasteiger partial charge in [-0.25, -0.2) is 0 Å². The highest BCUT2D eigenvalue weighted by molar-refractivity contribution is 6.10. The quantitative estimate of drug-likeness (QED) is 0.259. The first-order valence-electron chi connectivity index (χ1n) is 12.6. The Hall–Kier alpha value is -4.73. The molecule has 1 atom stereocenters. The maximum absolute atomic E-state index is 12.9. The molecular formula is C30H28N4O5. The lowest BCUT2D eigenvalue weighted by molar-refractivity contribution is 0.00357. The Balaban J connectivity index is 1.17. The Bertz CT molecular complexity index is 1430. The molecule has 39 heavy (non-hydrogen) atoms. The highest BCUT2D eigenvalue weighted by atomic mass is 16.5. The zero-order valence-corrected chi connectivity index (χ0v) is 21.1. The van der Waals surface area contributed by atoms with Crippen LogP contribution in [-0.4, -0.2) is 60.1 Å². The largest absolute Gasteiger partial charge is 0.394 e. The van der Waals surface area contributed by atoms with Gasteiger partial charge in [0.1, 0.15) is 5.69 Å². The second-order valence-corrected chi connectivity index (χ2v) is 9.14. The van der Waals surface area contributed by atoms with Gasteiger partial charge in [-0.05, 0) is 84.9 Å². The monoisotopic (exact) mass is 524 g/mol. The third-order valence-corrected chi connectivity index (χ3v) is 6.49. The molecule has 2 amide bonds. The van der Waals surface area contributed by atoms with Crippen molar-refractivity contribution in [1.82, 2.24) is 4.98 Å². The summed E-state index contributed by atoms with van der Waals surface area (Å²) in [4.78, 5) is 42.8. The fourth-order valence-corrected chi connectivity index (χ4v) is 4.34. The van der Waals surface area contributed by atoms with E-state index in [0.29, 0.717) is 46.9 Å². The van der Waals surface area contributed by atoms with Gasteiger partial charge in [-0.3, -0.25) is 14.4 Å². The summed E-state index contributed by atoms with van der Waals surface area (Å²) < 4.78 is 5.49. The van der Waals surface area contributed by atoms with E-state index in [1.807, 2.05) is 12.1 Å². The van der Waals surface area contributed by atoms with Crippen molar-refractivity contribution in [2.75, 3.05) is 41.8 Å². The Morgan fingerprint density at radius 2 is 1.41 bits per heavy atom. The highest BCUT2D eigenvalue weighted by Crippen LogP contribution is 2.20. The Morgan fingerprint density at radius 1 is 0.821 bits per heavy atom. The molecule has 1 aliphatic heterocycles. The average molecular weight is 525 g/mol. The van der Waals surface area contributed by atoms with Gasteiger partial charge >= 0.3 is 0 Å². The zero-order chi connectivity index (χ0) is 27.2. The van der Waals surface area contributed by atoms with Crippen molar-refractivity contribution in [3.05, 3.63) is 114 Å². The summed E-state index contributed by atoms with van der Waals surface area (Å²) in [6.07, 6.45) is 1.46. The second kappa shape index (κ2) is 11.8. The number of anilines is 3. The van der Waals surface area contributed by atoms with Gasteiger partial charge in [0.25, 0.3) is 11.8 Å². The van der Waals surface area contributed by atoms with Crippen molar-refractivity contribution in [3.63, 3.8) is 0 Å². The van der Waals surface area contributed by atoms with Crippen LogP contribution < -0.4 is 15.5 Å². The summed E-state index contributed by atoms with van der Waals surface area (Å²) in [6.45, 7) is 1.84. The molecule has 0 spiro atoms. The molecule has 4 N–H and O–H groups in total. The van der Waals surface area contributed by atoms with Crippen LogP contribution >= 0.6 is 0 Å². The number of aliphatic hydroxyl groups excluding tert-OH is 1. The van der Waals surface area contributed by atoms with Crippen molar-refractivity contribution in [2.24, 2.45) is 0 Å². The minimum absolute atomic E-state index is 0.0255. The molecule has 0 aliphatic carbocycles. The second-order valence-electron chi connectivity index (χ2n) is 9.14. The molecule has 0 radical (unpaired) electrons. The number of aliphatic hydroxyl groups is 1. The first-order valence-corrected chi connectivity index (χ1v) is 12.6. The van der Waals surface area contributed by atoms with Gasteiger partial charge in [0, 0.05) is 53.0 Å². The van der Waals surface area contributed by atoms with Crippen molar-refractivity contribution in [3.8, 4) is 0 Å². The molecule has 5 rings (SSSR count). The van der Waals surface area contributed by atoms with Crippen molar-refractivity contribution in [1.29, 1.82) is 0 Å². The number of carbonyl (C=O) groups is 3. The van der Waals surface area contributed by atoms with E-state index in [9.17, 15) is 19.5 Å². The molecule has 9 heteroatoms. The summed E-state index contributed by atoms with van der Waals surface area (Å²) in [5.74, 6) is -0.689. The molecule has 0 saturated carbocycles. The smallest absolute Gasteiger partial charge is 0.272 e. The van der Waals surface area contributed by atoms with E-state index >= 15 is 0 Å². The third kappa shape index (κ3) is 6.23. The topological polar surface area (TPSA) is 124 Å². The third-order valence-electron chi connectivity index (χ3n) is 6.49. The lowest BCUT2D eigenvalue weighted by Crippen LogP contribution is -2.44. The van der Waals surface area contributed by atoms with E-state index in [4.69, 9.17) is 4.74 Å². The highest BCUT2D eigenvalue weighted by Gasteiger charge is 2.20. The average Bonchev–Trinajstić information content (AvgIpc) is 3.53. The Kier molecular flexibility index (Phi) is 7.81. The minimum Gasteiger partial charge on any atom is -0.394 e. The molecule has 1 aliphatic rings. The standard InChI is InChI=1S/C30H28N4O5/c35-19-26-18-34(16-17-39-26)25-13-7-22(8-14-25)29(37)32-23-9-3-20(4-10-23)28(36)21-5-11-24(12-6-21)33-30(38)27-2-1-15-31-27/h1-15,26,31,35H,16-19H2,(H,32,37)(H,33,38). The van der Waals surface area contributed by atoms with Gasteiger partial charge in [0.2, 0.25) is 0 Å². The number of morpholine rings is 1. The molecule has 1 unspecified atom stereocenters. The van der Waals surface area contributed by atoms with Gasteiger partial charge in [0.05, 0.1) is 19.3 Å². The van der Waals surface area contributed by atoms with E-state index < -0.39 is 0 Å². The Morgan fingerprint density at radius 3 is 1.97 bits per heavy atom. The predicted molar refractivity (Wildman–Crippen MR) is 148 cm³/mol. The van der Waals surface area contributed by atoms with Crippen LogP contribution in [0.3, 0.4) is 0 Å². The van der Waals surface area contributed by atoms with Crippen LogP contribution in [0.4, 0.5) is 17.1 Å². The summed E-state index contributed by atoms with van der Waals surface area (Å²) in [7, 11) is 0. The van der Waals surface area contributed by atoms with E-state index in [1.54, 1.807) is 79.0 Å². The lowest BCUT2D eigenvalue weighted by Gasteiger charge is -2.33.